The highest BCUT2D eigenvalue weighted by atomic mass is 32.2. The Morgan fingerprint density at radius 1 is 0.674 bits per heavy atom. The minimum Gasteiger partial charge on any atom is -0.494 e. The Bertz CT molecular complexity index is 2630. The molecule has 4 aliphatic heterocycles. The molecule has 13 N–H and O–H groups in total. The van der Waals surface area contributed by atoms with Crippen LogP contribution in [0.3, 0.4) is 0 Å². The van der Waals surface area contributed by atoms with Gasteiger partial charge in [-0.25, -0.2) is 0 Å². The maximum Gasteiger partial charge on any atom is 0.305 e. The number of hydrogen-bond acceptors (Lipinski definition) is 19. The van der Waals surface area contributed by atoms with Crippen molar-refractivity contribution in [2.45, 2.75) is 170 Å². The lowest BCUT2D eigenvalue weighted by molar-refractivity contribution is -0.145. The van der Waals surface area contributed by atoms with E-state index in [9.17, 15) is 67.7 Å². The van der Waals surface area contributed by atoms with Crippen LogP contribution in [-0.4, -0.2) is 207 Å². The van der Waals surface area contributed by atoms with E-state index in [1.807, 2.05) is 18.2 Å². The number of nitrogens with one attached hydrogen (secondary N) is 7. The first-order valence-corrected chi connectivity index (χ1v) is 32.4. The molecule has 31 heteroatoms. The molecule has 2 fully saturated rings. The number of primary amides is 2. The molecule has 4 heterocycles. The van der Waals surface area contributed by atoms with Gasteiger partial charge < -0.3 is 78.3 Å². The van der Waals surface area contributed by atoms with Crippen LogP contribution < -0.4 is 53.4 Å². The number of nitrogens with zero attached hydrogens (tertiary/aromatic N) is 3. The van der Waals surface area contributed by atoms with Crippen LogP contribution in [0.15, 0.2) is 23.4 Å². The van der Waals surface area contributed by atoms with Crippen LogP contribution in [0.25, 0.3) is 0 Å². The Hall–Kier alpha value is -6.86. The lowest BCUT2D eigenvalue weighted by atomic mass is 10.0. The molecule has 2 saturated heterocycles. The minimum absolute atomic E-state index is 0.0210. The van der Waals surface area contributed by atoms with E-state index in [1.165, 1.54) is 52.0 Å². The number of carboxylic acids is 1. The van der Waals surface area contributed by atoms with E-state index in [0.29, 0.717) is 43.8 Å². The maximum absolute atomic E-state index is 15.0. The van der Waals surface area contributed by atoms with Crippen molar-refractivity contribution in [3.05, 3.63) is 29.3 Å². The molecule has 476 valence electrons. The van der Waals surface area contributed by atoms with Crippen molar-refractivity contribution in [1.29, 1.82) is 0 Å². The summed E-state index contributed by atoms with van der Waals surface area (Å²) in [5.41, 5.74) is 12.7. The van der Waals surface area contributed by atoms with Crippen LogP contribution in [-0.2, 0) is 73.9 Å². The van der Waals surface area contributed by atoms with Crippen LogP contribution in [0.1, 0.15) is 109 Å². The number of fused-ring (bicyclic) bond motifs is 7. The minimum atomic E-state index is -1.80. The van der Waals surface area contributed by atoms with Gasteiger partial charge in [-0.05, 0) is 112 Å². The third-order valence-electron chi connectivity index (χ3n) is 14.6. The van der Waals surface area contributed by atoms with E-state index in [2.05, 4.69) is 42.4 Å². The quantitative estimate of drug-likeness (QED) is 0.120. The summed E-state index contributed by atoms with van der Waals surface area (Å²) in [5.74, 6) is -10.5. The average Bonchev–Trinajstić information content (AvgIpc) is 3.84. The molecule has 0 aromatic heterocycles. The van der Waals surface area contributed by atoms with Gasteiger partial charge in [-0.2, -0.15) is 35.3 Å². The topological polar surface area (TPSA) is 419 Å². The molecule has 11 amide bonds. The zero-order chi connectivity index (χ0) is 63.0. The van der Waals surface area contributed by atoms with Crippen molar-refractivity contribution in [2.75, 3.05) is 49.8 Å². The van der Waals surface area contributed by atoms with Gasteiger partial charge in [0.15, 0.2) is 0 Å². The number of carbonyl (C=O) groups is 12. The van der Waals surface area contributed by atoms with E-state index in [-0.39, 0.29) is 74.8 Å². The van der Waals surface area contributed by atoms with Crippen LogP contribution in [0.4, 0.5) is 0 Å². The number of rotatable bonds is 11. The number of hydrogen-bond donors (Lipinski definition) is 11. The standard InChI is InChI=1S/C55H82N12O16S3/c1-30(2)45-55(81)67-17-10-12-41(67)52(78)65-46(31(3)68)53(79)62-38(47(57)73)28-85-26-32-21-33-23-34(22-32)82-18-7-5-6-8-19-83-58-25-43(70)59-35(13-14-42(56)69)48(74)63-39(29-86-27-33)54(80)66-16-9-11-40(66)51(77)60-36(15-20-84-4)49(75)61-37(24-44(71)72)50(76)64-45/h21-23,25,30-31,35-41,45-46,68H,5-20,24,26-29H2,1-4H3,(H2,56,69)(H2,57,73)(H,59,70)(H,60,77)(H,61,75)(H,62,79)(H,63,74)(H,64,76)(H,65,78)(H,71,72)/b58-25+/t31-,35+,36+,37+,38+,39+,40+,41+,45?,46+/m1/s1. The van der Waals surface area contributed by atoms with Gasteiger partial charge in [0.05, 0.1) is 19.1 Å². The summed E-state index contributed by atoms with van der Waals surface area (Å²) in [5, 5.41) is 42.5. The Morgan fingerprint density at radius 2 is 1.24 bits per heavy atom. The molecule has 0 radical (unpaired) electrons. The number of aliphatic hydroxyl groups is 1. The fourth-order valence-electron chi connectivity index (χ4n) is 10.0. The third-order valence-corrected chi connectivity index (χ3v) is 17.4. The lowest BCUT2D eigenvalue weighted by Crippen LogP contribution is -2.62. The van der Waals surface area contributed by atoms with Gasteiger partial charge in [0.2, 0.25) is 59.1 Å². The second-order valence-electron chi connectivity index (χ2n) is 21.8. The highest BCUT2D eigenvalue weighted by molar-refractivity contribution is 7.99. The number of nitrogens with two attached hydrogens (primary N) is 2. The molecule has 4 aliphatic rings. The zero-order valence-corrected chi connectivity index (χ0v) is 51.3. The second kappa shape index (κ2) is 35.1. The van der Waals surface area contributed by atoms with Gasteiger partial charge >= 0.3 is 5.97 Å². The molecule has 1 unspecified atom stereocenters. The number of carboxylic acid groups (broad SMARTS) is 1. The predicted molar refractivity (Wildman–Crippen MR) is 320 cm³/mol. The summed E-state index contributed by atoms with van der Waals surface area (Å²) >= 11 is 3.79. The van der Waals surface area contributed by atoms with E-state index in [1.54, 1.807) is 20.1 Å². The fourth-order valence-corrected chi connectivity index (χ4v) is 12.5. The van der Waals surface area contributed by atoms with Crippen LogP contribution >= 0.6 is 35.3 Å². The van der Waals surface area contributed by atoms with Gasteiger partial charge in [0.1, 0.15) is 72.9 Å². The van der Waals surface area contributed by atoms with Crippen molar-refractivity contribution in [3.8, 4) is 5.75 Å². The van der Waals surface area contributed by atoms with Crippen molar-refractivity contribution < 1.29 is 77.3 Å². The van der Waals surface area contributed by atoms with Gasteiger partial charge in [0, 0.05) is 42.5 Å². The van der Waals surface area contributed by atoms with Gasteiger partial charge in [-0.1, -0.05) is 25.1 Å². The normalized spacial score (nSPS) is 27.2. The van der Waals surface area contributed by atoms with E-state index >= 15 is 0 Å². The predicted octanol–water partition coefficient (Wildman–Crippen LogP) is -1.49. The molecule has 1 aromatic carbocycles. The Morgan fingerprint density at radius 3 is 1.85 bits per heavy atom. The monoisotopic (exact) mass is 1260 g/mol. The van der Waals surface area contributed by atoms with Crippen LogP contribution in [0.2, 0.25) is 0 Å². The summed E-state index contributed by atoms with van der Waals surface area (Å²) in [7, 11) is 0. The summed E-state index contributed by atoms with van der Waals surface area (Å²) in [6.45, 7) is 5.02. The summed E-state index contributed by atoms with van der Waals surface area (Å²) in [6, 6.07) is -7.19. The molecule has 4 bridgehead atoms. The molecule has 0 spiro atoms. The molecular weight excluding hydrogens is 1180 g/mol. The first kappa shape index (κ1) is 69.9. The number of thioether (sulfide) groups is 3. The summed E-state index contributed by atoms with van der Waals surface area (Å²) in [4.78, 5) is 172. The second-order valence-corrected chi connectivity index (χ2v) is 24.8. The molecule has 28 nitrogen and oxygen atoms in total. The molecule has 86 heavy (non-hydrogen) atoms. The molecule has 5 rings (SSSR count). The Kier molecular flexibility index (Phi) is 28.5. The lowest BCUT2D eigenvalue weighted by Gasteiger charge is -2.32. The van der Waals surface area contributed by atoms with Crippen molar-refractivity contribution >= 4 is 112 Å². The number of oxime groups is 1. The zero-order valence-electron chi connectivity index (χ0n) is 48.8. The number of benzene rings is 1. The number of aliphatic carboxylic acids is 1. The highest BCUT2D eigenvalue weighted by Gasteiger charge is 2.43. The van der Waals surface area contributed by atoms with E-state index < -0.39 is 144 Å². The molecule has 0 aliphatic carbocycles. The van der Waals surface area contributed by atoms with E-state index in [0.717, 1.165) is 30.2 Å². The SMILES string of the molecule is CSCC[C@@H]1NC(=O)[C@@H]2CCCN2C(=O)[C@@H]2CSCc3cc(cc(c3)OCCCCCCO/N=C/C(=O)N[C@@H](CCC(N)=O)C(=O)N2)CSC[C@@H](C(N)=O)NC(=O)[C@H]([C@@H](C)O)NC(=O)[C@@H]2CCCN2C(=O)C(C(C)C)NC(=O)[C@H](CC(=O)O)NC1=O. The number of carbonyl (C=O) groups excluding carboxylic acids is 11. The molecule has 0 saturated carbocycles. The van der Waals surface area contributed by atoms with Crippen LogP contribution in [0, 0.1) is 5.92 Å². The number of aliphatic hydroxyl groups excluding tert-OH is 1. The Labute approximate surface area is 511 Å². The van der Waals surface area contributed by atoms with Gasteiger partial charge in [-0.15, -0.1) is 0 Å². The first-order chi connectivity index (χ1) is 41.0. The number of ether oxygens (including phenoxy) is 1. The first-order valence-electron chi connectivity index (χ1n) is 28.7. The smallest absolute Gasteiger partial charge is 0.305 e. The summed E-state index contributed by atoms with van der Waals surface area (Å²) in [6.07, 6.45) is 3.14. The highest BCUT2D eigenvalue weighted by Crippen LogP contribution is 2.27. The van der Waals surface area contributed by atoms with Crippen molar-refractivity contribution in [3.63, 3.8) is 0 Å². The maximum atomic E-state index is 15.0. The van der Waals surface area contributed by atoms with Crippen LogP contribution in [0.5, 0.6) is 5.75 Å². The van der Waals surface area contributed by atoms with E-state index in [4.69, 9.17) is 21.0 Å². The molecular formula is C55H82N12O16S3. The summed E-state index contributed by atoms with van der Waals surface area (Å²) < 4.78 is 6.24. The van der Waals surface area contributed by atoms with Gasteiger partial charge in [0.25, 0.3) is 5.91 Å². The van der Waals surface area contributed by atoms with Crippen molar-refractivity contribution in [1.82, 2.24) is 47.0 Å². The molecule has 10 atom stereocenters. The largest absolute Gasteiger partial charge is 0.494 e. The van der Waals surface area contributed by atoms with Crippen molar-refractivity contribution in [2.24, 2.45) is 22.5 Å². The average molecular weight is 1260 g/mol. The number of amides is 11. The Balaban J connectivity index is 1.57. The third kappa shape index (κ3) is 21.8. The molecule has 1 aromatic rings. The fraction of sp³-hybridized carbons (Fsp3) is 0.655. The van der Waals surface area contributed by atoms with Gasteiger partial charge in [-0.3, -0.25) is 57.5 Å².